The summed E-state index contributed by atoms with van der Waals surface area (Å²) in [7, 11) is 0. The molecule has 10 nitrogen and oxygen atoms in total. The van der Waals surface area contributed by atoms with E-state index in [0.717, 1.165) is 12.8 Å². The van der Waals surface area contributed by atoms with Crippen LogP contribution in [0.5, 0.6) is 0 Å². The first-order chi connectivity index (χ1) is 17.3. The normalized spacial score (nSPS) is 14.9. The Hall–Kier alpha value is -2.50. The second kappa shape index (κ2) is 12.8. The summed E-state index contributed by atoms with van der Waals surface area (Å²) in [5.74, 6) is -1.81. The molecule has 0 spiro atoms. The van der Waals surface area contributed by atoms with Crippen molar-refractivity contribution in [3.8, 4) is 0 Å². The van der Waals surface area contributed by atoms with Crippen LogP contribution in [0.15, 0.2) is 42.5 Å². The maximum absolute atomic E-state index is 13.2. The van der Waals surface area contributed by atoms with E-state index in [1.807, 2.05) is 0 Å². The number of tetrazole rings is 1. The van der Waals surface area contributed by atoms with E-state index in [0.29, 0.717) is 29.9 Å². The van der Waals surface area contributed by atoms with Crippen LogP contribution in [0.3, 0.4) is 0 Å². The van der Waals surface area contributed by atoms with Gasteiger partial charge in [-0.1, -0.05) is 59.5 Å². The molecular formula is C24H23Cl2N6NaO4. The number of amides is 2. The molecule has 3 aromatic rings. The van der Waals surface area contributed by atoms with Gasteiger partial charge in [-0.25, -0.2) is 0 Å². The number of H-pyrrole nitrogens is 1. The second-order valence-electron chi connectivity index (χ2n) is 8.79. The van der Waals surface area contributed by atoms with Gasteiger partial charge in [0.05, 0.1) is 33.0 Å². The van der Waals surface area contributed by atoms with E-state index in [4.69, 9.17) is 23.2 Å². The van der Waals surface area contributed by atoms with Crippen molar-refractivity contribution >= 4 is 46.7 Å². The van der Waals surface area contributed by atoms with Gasteiger partial charge in [-0.2, -0.15) is 5.21 Å². The number of aromatic nitrogens is 4. The number of benzene rings is 2. The van der Waals surface area contributed by atoms with Crippen molar-refractivity contribution in [1.29, 1.82) is 0 Å². The molecule has 0 bridgehead atoms. The molecule has 1 aliphatic carbocycles. The number of aliphatic carboxylic acids is 1. The third-order valence-corrected chi connectivity index (χ3v) is 6.99. The molecule has 0 saturated heterocycles. The molecule has 1 heterocycles. The number of rotatable bonds is 9. The van der Waals surface area contributed by atoms with Crippen molar-refractivity contribution < 1.29 is 49.0 Å². The Kier molecular flexibility index (Phi) is 10.1. The molecule has 1 saturated carbocycles. The quantitative estimate of drug-likeness (QED) is 0.298. The Balaban J connectivity index is 0.00000380. The van der Waals surface area contributed by atoms with Crippen molar-refractivity contribution in [2.75, 3.05) is 5.32 Å². The fraction of sp³-hybridized carbons (Fsp3) is 0.333. The number of nitrogens with one attached hydrogen (secondary N) is 3. The third kappa shape index (κ3) is 7.08. The largest absolute Gasteiger partial charge is 1.00 e. The van der Waals surface area contributed by atoms with E-state index in [1.165, 1.54) is 0 Å². The Morgan fingerprint density at radius 3 is 2.27 bits per heavy atom. The van der Waals surface area contributed by atoms with Crippen LogP contribution in [-0.2, 0) is 22.4 Å². The first-order valence-corrected chi connectivity index (χ1v) is 12.1. The van der Waals surface area contributed by atoms with Crippen molar-refractivity contribution in [3.63, 3.8) is 0 Å². The maximum Gasteiger partial charge on any atom is 1.00 e. The number of anilines is 1. The minimum absolute atomic E-state index is 0. The number of carbonyl (C=O) groups excluding carboxylic acids is 3. The summed E-state index contributed by atoms with van der Waals surface area (Å²) in [5.41, 5.74) is 0.480. The van der Waals surface area contributed by atoms with Gasteiger partial charge in [0.1, 0.15) is 0 Å². The number of carbonyl (C=O) groups is 3. The summed E-state index contributed by atoms with van der Waals surface area (Å²) >= 11 is 12.2. The van der Waals surface area contributed by atoms with E-state index in [-0.39, 0.29) is 63.9 Å². The number of aromatic amines is 1. The van der Waals surface area contributed by atoms with Crippen LogP contribution in [0, 0.1) is 5.41 Å². The molecule has 2 aromatic carbocycles. The summed E-state index contributed by atoms with van der Waals surface area (Å²) in [6.45, 7) is 0. The zero-order chi connectivity index (χ0) is 25.7. The molecule has 37 heavy (non-hydrogen) atoms. The van der Waals surface area contributed by atoms with Crippen molar-refractivity contribution in [2.45, 2.75) is 44.6 Å². The average molecular weight is 553 g/mol. The number of carboxylic acids is 1. The van der Waals surface area contributed by atoms with Gasteiger partial charge in [-0.15, -0.1) is 10.2 Å². The fourth-order valence-corrected chi connectivity index (χ4v) is 5.04. The van der Waals surface area contributed by atoms with Crippen LogP contribution >= 0.6 is 23.2 Å². The number of nitrogens with zero attached hydrogens (tertiary/aromatic N) is 3. The first-order valence-electron chi connectivity index (χ1n) is 11.4. The SMILES string of the molecule is O=C(Nc1ccc(C[C@H](NC(=O)C2(Cc3nn[nH]n3)CCCC2)C(=O)[O-])cc1)c1c(Cl)cccc1Cl.[Na+]. The molecule has 1 atom stereocenters. The average Bonchev–Trinajstić information content (AvgIpc) is 3.53. The Bertz CT molecular complexity index is 1230. The van der Waals surface area contributed by atoms with Gasteiger partial charge < -0.3 is 20.5 Å². The van der Waals surface area contributed by atoms with Crippen molar-refractivity contribution in [3.05, 3.63) is 69.5 Å². The summed E-state index contributed by atoms with van der Waals surface area (Å²) in [6, 6.07) is 10.1. The number of hydrogen-bond acceptors (Lipinski definition) is 7. The van der Waals surface area contributed by atoms with Crippen molar-refractivity contribution in [2.24, 2.45) is 5.41 Å². The fourth-order valence-electron chi connectivity index (χ4n) is 4.47. The van der Waals surface area contributed by atoms with E-state index in [1.54, 1.807) is 42.5 Å². The maximum atomic E-state index is 13.2. The molecule has 2 amide bonds. The Morgan fingerprint density at radius 1 is 1.05 bits per heavy atom. The van der Waals surface area contributed by atoms with Crippen LogP contribution in [-0.4, -0.2) is 44.4 Å². The zero-order valence-electron chi connectivity index (χ0n) is 20.1. The van der Waals surface area contributed by atoms with Crippen LogP contribution in [0.1, 0.15) is 47.4 Å². The summed E-state index contributed by atoms with van der Waals surface area (Å²) < 4.78 is 0. The molecule has 0 radical (unpaired) electrons. The van der Waals surface area contributed by atoms with Gasteiger partial charge in [0.25, 0.3) is 5.91 Å². The van der Waals surface area contributed by atoms with Gasteiger partial charge in [-0.05, 0) is 49.1 Å². The molecule has 188 valence electrons. The predicted octanol–water partition coefficient (Wildman–Crippen LogP) is -0.657. The van der Waals surface area contributed by atoms with Gasteiger partial charge in [0.15, 0.2) is 5.82 Å². The minimum atomic E-state index is -1.39. The molecule has 0 aliphatic heterocycles. The predicted molar refractivity (Wildman–Crippen MR) is 130 cm³/mol. The molecule has 4 rings (SSSR count). The topological polar surface area (TPSA) is 153 Å². The Labute approximate surface area is 245 Å². The third-order valence-electron chi connectivity index (χ3n) is 6.36. The van der Waals surface area contributed by atoms with Gasteiger partial charge >= 0.3 is 29.6 Å². The van der Waals surface area contributed by atoms with Crippen LogP contribution in [0.4, 0.5) is 5.69 Å². The molecule has 0 unspecified atom stereocenters. The van der Waals surface area contributed by atoms with Gasteiger partial charge in [-0.3, -0.25) is 9.59 Å². The molecule has 1 fully saturated rings. The monoisotopic (exact) mass is 552 g/mol. The molecule has 1 aromatic heterocycles. The smallest absolute Gasteiger partial charge is 0.548 e. The summed E-state index contributed by atoms with van der Waals surface area (Å²) in [5, 5.41) is 31.5. The number of carboxylic acid groups (broad SMARTS) is 1. The van der Waals surface area contributed by atoms with E-state index < -0.39 is 23.3 Å². The van der Waals surface area contributed by atoms with Crippen molar-refractivity contribution in [1.82, 2.24) is 25.9 Å². The zero-order valence-corrected chi connectivity index (χ0v) is 23.6. The number of halogens is 2. The first kappa shape index (κ1) is 29.1. The van der Waals surface area contributed by atoms with E-state index in [9.17, 15) is 19.5 Å². The van der Waals surface area contributed by atoms with E-state index in [2.05, 4.69) is 31.3 Å². The van der Waals surface area contributed by atoms with E-state index >= 15 is 0 Å². The summed E-state index contributed by atoms with van der Waals surface area (Å²) in [6.07, 6.45) is 3.21. The van der Waals surface area contributed by atoms with Crippen LogP contribution < -0.4 is 45.3 Å². The standard InChI is InChI=1S/C24H24Cl2N6O4.Na/c25-16-4-3-5-17(26)20(16)21(33)27-15-8-6-14(7-9-15)12-18(22(34)35)28-23(36)24(10-1-2-11-24)13-19-29-31-32-30-19;/h3-9,18H,1-2,10-13H2,(H,27,33)(H,28,36)(H,34,35)(H,29,30,31,32);/q;+1/p-1/t18-;/m0./s1. The molecular weight excluding hydrogens is 530 g/mol. The molecule has 1 aliphatic rings. The molecule has 13 heteroatoms. The Morgan fingerprint density at radius 2 is 1.70 bits per heavy atom. The second-order valence-corrected chi connectivity index (χ2v) is 9.60. The van der Waals surface area contributed by atoms with Gasteiger partial charge in [0, 0.05) is 12.1 Å². The summed E-state index contributed by atoms with van der Waals surface area (Å²) in [4.78, 5) is 37.6. The van der Waals surface area contributed by atoms with Crippen LogP contribution in [0.25, 0.3) is 0 Å². The van der Waals surface area contributed by atoms with Crippen LogP contribution in [0.2, 0.25) is 10.0 Å². The van der Waals surface area contributed by atoms with Gasteiger partial charge in [0.2, 0.25) is 5.91 Å². The molecule has 3 N–H and O–H groups in total. The number of hydrogen-bond donors (Lipinski definition) is 3. The minimum Gasteiger partial charge on any atom is -0.548 e.